The number of fused-ring (bicyclic) bond motifs is 1. The molecule has 0 aromatic heterocycles. The van der Waals surface area contributed by atoms with E-state index in [1.54, 1.807) is 0 Å². The van der Waals surface area contributed by atoms with Crippen LogP contribution in [-0.2, 0) is 0 Å². The monoisotopic (exact) mass is 162 g/mol. The van der Waals surface area contributed by atoms with Crippen LogP contribution in [0.25, 0.3) is 0 Å². The minimum atomic E-state index is -0.225. The van der Waals surface area contributed by atoms with Crippen molar-refractivity contribution in [3.05, 3.63) is 35.4 Å². The van der Waals surface area contributed by atoms with E-state index in [4.69, 9.17) is 0 Å². The van der Waals surface area contributed by atoms with E-state index < -0.39 is 0 Å². The van der Waals surface area contributed by atoms with Crippen molar-refractivity contribution in [1.29, 1.82) is 0 Å². The van der Waals surface area contributed by atoms with Crippen LogP contribution in [0.4, 0.5) is 0 Å². The van der Waals surface area contributed by atoms with Crippen molar-refractivity contribution in [2.24, 2.45) is 0 Å². The molecule has 0 heterocycles. The molecule has 0 bridgehead atoms. The lowest BCUT2D eigenvalue weighted by molar-refractivity contribution is 0.151. The molecule has 1 aliphatic carbocycles. The van der Waals surface area contributed by atoms with Gasteiger partial charge in [-0.3, -0.25) is 0 Å². The molecule has 0 spiro atoms. The summed E-state index contributed by atoms with van der Waals surface area (Å²) < 4.78 is 0. The Morgan fingerprint density at radius 3 is 2.50 bits per heavy atom. The highest BCUT2D eigenvalue weighted by molar-refractivity contribution is 5.33. The predicted molar refractivity (Wildman–Crippen MR) is 49.1 cm³/mol. The molecular formula is C11H14O. The van der Waals surface area contributed by atoms with E-state index in [9.17, 15) is 5.11 Å². The lowest BCUT2D eigenvalue weighted by Crippen LogP contribution is -2.11. The molecule has 2 atom stereocenters. The summed E-state index contributed by atoms with van der Waals surface area (Å²) in [5, 5.41) is 9.68. The van der Waals surface area contributed by atoms with E-state index in [0.29, 0.717) is 5.92 Å². The van der Waals surface area contributed by atoms with Crippen molar-refractivity contribution in [1.82, 2.24) is 0 Å². The maximum atomic E-state index is 9.68. The largest absolute Gasteiger partial charge is 0.388 e. The lowest BCUT2D eigenvalue weighted by Gasteiger charge is -2.26. The van der Waals surface area contributed by atoms with Gasteiger partial charge in [0.05, 0.1) is 6.10 Å². The minimum absolute atomic E-state index is 0.225. The Morgan fingerprint density at radius 2 is 1.83 bits per heavy atom. The second-order valence-corrected chi connectivity index (χ2v) is 3.62. The van der Waals surface area contributed by atoms with Gasteiger partial charge >= 0.3 is 0 Å². The Balaban J connectivity index is 2.47. The van der Waals surface area contributed by atoms with Gasteiger partial charge in [-0.15, -0.1) is 0 Å². The van der Waals surface area contributed by atoms with Crippen molar-refractivity contribution >= 4 is 0 Å². The second-order valence-electron chi connectivity index (χ2n) is 3.62. The summed E-state index contributed by atoms with van der Waals surface area (Å²) in [6.45, 7) is 2.23. The molecule has 1 heteroatoms. The average Bonchev–Trinajstić information content (AvgIpc) is 2.12. The molecule has 1 aromatic rings. The van der Waals surface area contributed by atoms with Crippen LogP contribution in [-0.4, -0.2) is 5.11 Å². The SMILES string of the molecule is C[C@@H]1CC[C@H](O)c2ccccc21. The summed E-state index contributed by atoms with van der Waals surface area (Å²) in [6, 6.07) is 8.21. The van der Waals surface area contributed by atoms with Crippen LogP contribution in [0.15, 0.2) is 24.3 Å². The highest BCUT2D eigenvalue weighted by Gasteiger charge is 2.21. The summed E-state index contributed by atoms with van der Waals surface area (Å²) in [5.41, 5.74) is 2.47. The van der Waals surface area contributed by atoms with E-state index in [1.807, 2.05) is 18.2 Å². The topological polar surface area (TPSA) is 20.2 Å². The van der Waals surface area contributed by atoms with E-state index in [2.05, 4.69) is 13.0 Å². The molecule has 64 valence electrons. The third-order valence-corrected chi connectivity index (χ3v) is 2.76. The normalized spacial score (nSPS) is 28.2. The summed E-state index contributed by atoms with van der Waals surface area (Å²) in [5.74, 6) is 0.615. The van der Waals surface area contributed by atoms with Crippen LogP contribution < -0.4 is 0 Å². The van der Waals surface area contributed by atoms with Gasteiger partial charge in [0, 0.05) is 0 Å². The Labute approximate surface area is 73.0 Å². The summed E-state index contributed by atoms with van der Waals surface area (Å²) in [4.78, 5) is 0. The molecule has 0 fully saturated rings. The fraction of sp³-hybridized carbons (Fsp3) is 0.455. The van der Waals surface area contributed by atoms with Crippen LogP contribution >= 0.6 is 0 Å². The number of aliphatic hydroxyl groups excluding tert-OH is 1. The standard InChI is InChI=1S/C11H14O/c1-8-6-7-11(12)10-5-3-2-4-9(8)10/h2-5,8,11-12H,6-7H2,1H3/t8-,11+/m1/s1. The van der Waals surface area contributed by atoms with Gasteiger partial charge in [0.15, 0.2) is 0 Å². The van der Waals surface area contributed by atoms with Gasteiger partial charge in [0.2, 0.25) is 0 Å². The van der Waals surface area contributed by atoms with Crippen LogP contribution in [0.2, 0.25) is 0 Å². The van der Waals surface area contributed by atoms with Crippen molar-refractivity contribution in [2.75, 3.05) is 0 Å². The van der Waals surface area contributed by atoms with Crippen LogP contribution in [0.5, 0.6) is 0 Å². The minimum Gasteiger partial charge on any atom is -0.388 e. The third kappa shape index (κ3) is 1.14. The zero-order chi connectivity index (χ0) is 8.55. The molecule has 0 radical (unpaired) electrons. The van der Waals surface area contributed by atoms with Gasteiger partial charge in [-0.2, -0.15) is 0 Å². The van der Waals surface area contributed by atoms with Crippen LogP contribution in [0.3, 0.4) is 0 Å². The molecule has 0 saturated carbocycles. The summed E-state index contributed by atoms with van der Waals surface area (Å²) in [7, 11) is 0. The first-order chi connectivity index (χ1) is 5.79. The third-order valence-electron chi connectivity index (χ3n) is 2.76. The van der Waals surface area contributed by atoms with Gasteiger partial charge in [0.25, 0.3) is 0 Å². The number of rotatable bonds is 0. The molecule has 1 nitrogen and oxygen atoms in total. The van der Waals surface area contributed by atoms with E-state index in [-0.39, 0.29) is 6.10 Å². The summed E-state index contributed by atoms with van der Waals surface area (Å²) >= 11 is 0. The van der Waals surface area contributed by atoms with E-state index in [1.165, 1.54) is 5.56 Å². The lowest BCUT2D eigenvalue weighted by atomic mass is 9.82. The number of hydrogen-bond acceptors (Lipinski definition) is 1. The summed E-state index contributed by atoms with van der Waals surface area (Å²) in [6.07, 6.45) is 1.80. The van der Waals surface area contributed by atoms with Gasteiger partial charge < -0.3 is 5.11 Å². The van der Waals surface area contributed by atoms with Crippen molar-refractivity contribution < 1.29 is 5.11 Å². The first kappa shape index (κ1) is 7.81. The van der Waals surface area contributed by atoms with Crippen molar-refractivity contribution in [3.63, 3.8) is 0 Å². The van der Waals surface area contributed by atoms with Crippen LogP contribution in [0.1, 0.15) is 42.9 Å². The van der Waals surface area contributed by atoms with Crippen molar-refractivity contribution in [2.45, 2.75) is 31.8 Å². The number of benzene rings is 1. The highest BCUT2D eigenvalue weighted by atomic mass is 16.3. The highest BCUT2D eigenvalue weighted by Crippen LogP contribution is 2.36. The van der Waals surface area contributed by atoms with E-state index >= 15 is 0 Å². The smallest absolute Gasteiger partial charge is 0.0793 e. The average molecular weight is 162 g/mol. The second kappa shape index (κ2) is 2.91. The maximum Gasteiger partial charge on any atom is 0.0793 e. The maximum absolute atomic E-state index is 9.68. The van der Waals surface area contributed by atoms with Gasteiger partial charge in [-0.1, -0.05) is 31.2 Å². The first-order valence-electron chi connectivity index (χ1n) is 4.56. The molecule has 2 rings (SSSR count). The molecule has 0 aliphatic heterocycles. The quantitative estimate of drug-likeness (QED) is 0.621. The van der Waals surface area contributed by atoms with Gasteiger partial charge in [-0.05, 0) is 29.9 Å². The van der Waals surface area contributed by atoms with Gasteiger partial charge in [-0.25, -0.2) is 0 Å². The molecule has 0 amide bonds. The Bertz CT molecular complexity index is 251. The first-order valence-corrected chi connectivity index (χ1v) is 4.56. The molecule has 1 N–H and O–H groups in total. The fourth-order valence-electron chi connectivity index (χ4n) is 1.98. The zero-order valence-electron chi connectivity index (χ0n) is 7.33. The van der Waals surface area contributed by atoms with Crippen molar-refractivity contribution in [3.8, 4) is 0 Å². The number of hydrogen-bond donors (Lipinski definition) is 1. The number of aliphatic hydroxyl groups is 1. The molecule has 0 saturated heterocycles. The molecule has 1 aliphatic rings. The van der Waals surface area contributed by atoms with Crippen LogP contribution in [0, 0.1) is 0 Å². The Hall–Kier alpha value is -0.820. The zero-order valence-corrected chi connectivity index (χ0v) is 7.33. The Kier molecular flexibility index (Phi) is 1.89. The fourth-order valence-corrected chi connectivity index (χ4v) is 1.98. The molecule has 1 aromatic carbocycles. The predicted octanol–water partition coefficient (Wildman–Crippen LogP) is 2.62. The molecular weight excluding hydrogens is 148 g/mol. The Morgan fingerprint density at radius 1 is 1.17 bits per heavy atom. The molecule has 0 unspecified atom stereocenters. The van der Waals surface area contributed by atoms with E-state index in [0.717, 1.165) is 18.4 Å². The van der Waals surface area contributed by atoms with Gasteiger partial charge in [0.1, 0.15) is 0 Å². The molecule has 12 heavy (non-hydrogen) atoms.